The van der Waals surface area contributed by atoms with Crippen molar-refractivity contribution in [1.82, 2.24) is 19.7 Å². The van der Waals surface area contributed by atoms with Crippen molar-refractivity contribution >= 4 is 23.0 Å². The second-order valence-electron chi connectivity index (χ2n) is 6.48. The van der Waals surface area contributed by atoms with Crippen LogP contribution in [0.5, 0.6) is 0 Å². The van der Waals surface area contributed by atoms with Gasteiger partial charge in [-0.1, -0.05) is 0 Å². The first-order chi connectivity index (χ1) is 12.5. The highest BCUT2D eigenvalue weighted by Crippen LogP contribution is 2.25. The van der Waals surface area contributed by atoms with Crippen molar-refractivity contribution in [2.24, 2.45) is 0 Å². The Morgan fingerprint density at radius 2 is 2.04 bits per heavy atom. The summed E-state index contributed by atoms with van der Waals surface area (Å²) in [5.41, 5.74) is 2.33. The fourth-order valence-electron chi connectivity index (χ4n) is 3.27. The third-order valence-electron chi connectivity index (χ3n) is 4.70. The zero-order valence-electron chi connectivity index (χ0n) is 14.3. The molecule has 8 nitrogen and oxygen atoms in total. The molecule has 1 aliphatic rings. The number of piperidine rings is 1. The number of aromatic nitrogens is 3. The molecule has 1 aliphatic heterocycles. The van der Waals surface area contributed by atoms with Crippen molar-refractivity contribution in [2.75, 3.05) is 13.1 Å². The molecule has 26 heavy (non-hydrogen) atoms. The quantitative estimate of drug-likeness (QED) is 0.775. The number of carboxylic acids is 1. The fraction of sp³-hybridized carbons (Fsp3) is 0.333. The molecule has 134 valence electrons. The third kappa shape index (κ3) is 2.94. The molecule has 1 saturated heterocycles. The SMILES string of the molecule is Cc1ccc2oc(C(=O)N3CCC(n4cc(C(=O)O)cn4)CC3)cc2n1. The van der Waals surface area contributed by atoms with Crippen LogP contribution in [0.4, 0.5) is 0 Å². The van der Waals surface area contributed by atoms with Gasteiger partial charge in [-0.15, -0.1) is 0 Å². The molecule has 0 aliphatic carbocycles. The molecule has 0 saturated carbocycles. The monoisotopic (exact) mass is 354 g/mol. The van der Waals surface area contributed by atoms with Crippen molar-refractivity contribution < 1.29 is 19.1 Å². The van der Waals surface area contributed by atoms with Gasteiger partial charge in [-0.3, -0.25) is 9.48 Å². The average molecular weight is 354 g/mol. The highest BCUT2D eigenvalue weighted by molar-refractivity contribution is 5.95. The van der Waals surface area contributed by atoms with Crippen LogP contribution < -0.4 is 0 Å². The number of hydrogen-bond acceptors (Lipinski definition) is 5. The number of nitrogens with zero attached hydrogens (tertiary/aromatic N) is 4. The average Bonchev–Trinajstić information content (AvgIpc) is 3.28. The molecule has 0 atom stereocenters. The van der Waals surface area contributed by atoms with E-state index >= 15 is 0 Å². The molecule has 0 spiro atoms. The lowest BCUT2D eigenvalue weighted by Gasteiger charge is -2.31. The molecular weight excluding hydrogens is 336 g/mol. The Labute approximate surface area is 149 Å². The lowest BCUT2D eigenvalue weighted by molar-refractivity contribution is 0.0660. The Kier molecular flexibility index (Phi) is 3.95. The molecule has 4 rings (SSSR count). The fourth-order valence-corrected chi connectivity index (χ4v) is 3.27. The summed E-state index contributed by atoms with van der Waals surface area (Å²) < 4.78 is 7.32. The van der Waals surface area contributed by atoms with Gasteiger partial charge >= 0.3 is 5.97 Å². The van der Waals surface area contributed by atoms with Crippen LogP contribution in [0, 0.1) is 6.92 Å². The topological polar surface area (TPSA) is 101 Å². The maximum Gasteiger partial charge on any atom is 0.338 e. The van der Waals surface area contributed by atoms with Gasteiger partial charge in [-0.05, 0) is 31.9 Å². The molecule has 1 amide bonds. The van der Waals surface area contributed by atoms with E-state index in [4.69, 9.17) is 9.52 Å². The summed E-state index contributed by atoms with van der Waals surface area (Å²) in [5, 5.41) is 13.1. The summed E-state index contributed by atoms with van der Waals surface area (Å²) >= 11 is 0. The number of rotatable bonds is 3. The van der Waals surface area contributed by atoms with Gasteiger partial charge in [-0.25, -0.2) is 9.78 Å². The number of carboxylic acid groups (broad SMARTS) is 1. The van der Waals surface area contributed by atoms with E-state index in [1.165, 1.54) is 12.4 Å². The Bertz CT molecular complexity index is 982. The number of carbonyl (C=O) groups excluding carboxylic acids is 1. The number of likely N-dealkylation sites (tertiary alicyclic amines) is 1. The lowest BCUT2D eigenvalue weighted by atomic mass is 10.1. The maximum absolute atomic E-state index is 12.7. The van der Waals surface area contributed by atoms with Gasteiger partial charge < -0.3 is 14.4 Å². The minimum Gasteiger partial charge on any atom is -0.478 e. The molecule has 4 heterocycles. The van der Waals surface area contributed by atoms with Crippen LogP contribution in [-0.2, 0) is 0 Å². The molecule has 8 heteroatoms. The number of carbonyl (C=O) groups is 2. The smallest absolute Gasteiger partial charge is 0.338 e. The zero-order valence-corrected chi connectivity index (χ0v) is 14.3. The predicted octanol–water partition coefficient (Wildman–Crippen LogP) is 2.51. The first-order valence-electron chi connectivity index (χ1n) is 8.45. The molecule has 1 fully saturated rings. The Morgan fingerprint density at radius 3 is 2.73 bits per heavy atom. The molecule has 0 radical (unpaired) electrons. The maximum atomic E-state index is 12.7. The molecule has 0 bridgehead atoms. The largest absolute Gasteiger partial charge is 0.478 e. The molecule has 0 unspecified atom stereocenters. The Morgan fingerprint density at radius 1 is 1.27 bits per heavy atom. The van der Waals surface area contributed by atoms with E-state index in [-0.39, 0.29) is 17.5 Å². The minimum absolute atomic E-state index is 0.0899. The number of hydrogen-bond donors (Lipinski definition) is 1. The van der Waals surface area contributed by atoms with Crippen molar-refractivity contribution in [2.45, 2.75) is 25.8 Å². The second-order valence-corrected chi connectivity index (χ2v) is 6.48. The van der Waals surface area contributed by atoms with E-state index in [1.807, 2.05) is 19.1 Å². The first kappa shape index (κ1) is 16.3. The minimum atomic E-state index is -0.988. The number of aryl methyl sites for hydroxylation is 1. The summed E-state index contributed by atoms with van der Waals surface area (Å²) in [6.07, 6.45) is 4.31. The van der Waals surface area contributed by atoms with Gasteiger partial charge in [0.15, 0.2) is 11.3 Å². The van der Waals surface area contributed by atoms with E-state index < -0.39 is 5.97 Å². The van der Waals surface area contributed by atoms with Gasteiger partial charge in [0.25, 0.3) is 5.91 Å². The predicted molar refractivity (Wildman–Crippen MR) is 92.1 cm³/mol. The second kappa shape index (κ2) is 6.29. The van der Waals surface area contributed by atoms with Crippen molar-refractivity contribution in [3.05, 3.63) is 47.6 Å². The van der Waals surface area contributed by atoms with E-state index in [0.717, 1.165) is 5.69 Å². The van der Waals surface area contributed by atoms with Gasteiger partial charge in [0.2, 0.25) is 0 Å². The van der Waals surface area contributed by atoms with Gasteiger partial charge in [0.1, 0.15) is 5.52 Å². The van der Waals surface area contributed by atoms with Crippen LogP contribution in [0.2, 0.25) is 0 Å². The van der Waals surface area contributed by atoms with Crippen LogP contribution in [0.1, 0.15) is 45.5 Å². The Balaban J connectivity index is 1.44. The molecule has 0 aromatic carbocycles. The highest BCUT2D eigenvalue weighted by Gasteiger charge is 2.27. The number of furan rings is 1. The van der Waals surface area contributed by atoms with Gasteiger partial charge in [0, 0.05) is 31.0 Å². The van der Waals surface area contributed by atoms with Crippen LogP contribution >= 0.6 is 0 Å². The van der Waals surface area contributed by atoms with Crippen LogP contribution in [-0.4, -0.2) is 49.7 Å². The normalized spacial score (nSPS) is 15.5. The summed E-state index contributed by atoms with van der Waals surface area (Å²) in [7, 11) is 0. The van der Waals surface area contributed by atoms with E-state index in [0.29, 0.717) is 42.8 Å². The number of aromatic carboxylic acids is 1. The number of fused-ring (bicyclic) bond motifs is 1. The van der Waals surface area contributed by atoms with Crippen LogP contribution in [0.15, 0.2) is 35.0 Å². The molecule has 3 aromatic heterocycles. The molecule has 1 N–H and O–H groups in total. The third-order valence-corrected chi connectivity index (χ3v) is 4.70. The van der Waals surface area contributed by atoms with Gasteiger partial charge in [0.05, 0.1) is 17.8 Å². The van der Waals surface area contributed by atoms with E-state index in [1.54, 1.807) is 15.6 Å². The summed E-state index contributed by atoms with van der Waals surface area (Å²) in [6.45, 7) is 3.02. The zero-order chi connectivity index (χ0) is 18.3. The Hall–Kier alpha value is -3.16. The molecular formula is C18H18N4O4. The molecule has 3 aromatic rings. The van der Waals surface area contributed by atoms with E-state index in [9.17, 15) is 9.59 Å². The highest BCUT2D eigenvalue weighted by atomic mass is 16.4. The van der Waals surface area contributed by atoms with E-state index in [2.05, 4.69) is 10.1 Å². The summed E-state index contributed by atoms with van der Waals surface area (Å²) in [6, 6.07) is 5.44. The standard InChI is InChI=1S/C18H18N4O4/c1-11-2-3-15-14(20-11)8-16(26-15)17(23)21-6-4-13(5-7-21)22-10-12(9-19-22)18(24)25/h2-3,8-10,13H,4-7H2,1H3,(H,24,25). The van der Waals surface area contributed by atoms with Crippen LogP contribution in [0.25, 0.3) is 11.1 Å². The van der Waals surface area contributed by atoms with Crippen LogP contribution in [0.3, 0.4) is 0 Å². The van der Waals surface area contributed by atoms with Crippen molar-refractivity contribution in [3.8, 4) is 0 Å². The first-order valence-corrected chi connectivity index (χ1v) is 8.45. The number of pyridine rings is 1. The summed E-state index contributed by atoms with van der Waals surface area (Å²) in [4.78, 5) is 29.8. The number of amides is 1. The summed E-state index contributed by atoms with van der Waals surface area (Å²) in [5.74, 6) is -0.841. The van der Waals surface area contributed by atoms with Gasteiger partial charge in [-0.2, -0.15) is 5.10 Å². The van der Waals surface area contributed by atoms with Crippen molar-refractivity contribution in [1.29, 1.82) is 0 Å². The van der Waals surface area contributed by atoms with Crippen molar-refractivity contribution in [3.63, 3.8) is 0 Å². The lowest BCUT2D eigenvalue weighted by Crippen LogP contribution is -2.39.